The lowest BCUT2D eigenvalue weighted by atomic mass is 10.3. The Morgan fingerprint density at radius 1 is 1.07 bits per heavy atom. The Balaban J connectivity index is 3.20. The van der Waals surface area contributed by atoms with E-state index >= 15 is 0 Å². The Bertz CT molecular complexity index is 403. The molecule has 1 aromatic carbocycles. The molecule has 0 heterocycles. The molecule has 0 unspecified atom stereocenters. The molecular formula is C7H7F5N2S. The van der Waals surface area contributed by atoms with Crippen molar-refractivity contribution >= 4 is 21.1 Å². The van der Waals surface area contributed by atoms with Gasteiger partial charge in [0.25, 0.3) is 0 Å². The van der Waals surface area contributed by atoms with Crippen LogP contribution in [0.3, 0.4) is 0 Å². The molecule has 0 amide bonds. The Morgan fingerprint density at radius 3 is 1.93 bits per heavy atom. The van der Waals surface area contributed by atoms with Gasteiger partial charge in [-0.25, -0.2) is 0 Å². The molecule has 0 spiro atoms. The van der Waals surface area contributed by atoms with Crippen LogP contribution in [0.4, 0.5) is 25.7 Å². The maximum atomic E-state index is 13.0. The molecule has 2 nitrogen and oxygen atoms in total. The van der Waals surface area contributed by atoms with Gasteiger partial charge in [0, 0.05) is 0 Å². The average Bonchev–Trinajstić information content (AvgIpc) is 2.14. The summed E-state index contributed by atoms with van der Waals surface area (Å²) >= 11 is 0. The van der Waals surface area contributed by atoms with Gasteiger partial charge < -0.3 is 0 Å². The molecule has 2 N–H and O–H groups in total. The molecule has 0 bridgehead atoms. The van der Waals surface area contributed by atoms with Gasteiger partial charge >= 0.3 is 10.3 Å². The maximum Gasteiger partial charge on any atom is 0.307 e. The quantitative estimate of drug-likeness (QED) is 0.468. The summed E-state index contributed by atoms with van der Waals surface area (Å²) in [7, 11) is -7.98. The van der Waals surface area contributed by atoms with Gasteiger partial charge in [-0.3, -0.25) is 5.73 Å². The lowest BCUT2D eigenvalue weighted by molar-refractivity contribution is 0.503. The lowest BCUT2D eigenvalue weighted by Gasteiger charge is -2.20. The van der Waals surface area contributed by atoms with Crippen LogP contribution in [0.5, 0.6) is 0 Å². The Kier molecular flexibility index (Phi) is 2.75. The standard InChI is InChI=1S/C7H7F5N2S/c8-14(6-4-2-1-3-5-6)7(13)15(9,10,11)12/h1-5H,13H2. The second kappa shape index (κ2) is 3.46. The van der Waals surface area contributed by atoms with Crippen molar-refractivity contribution in [2.45, 2.75) is 0 Å². The minimum Gasteiger partial charge on any atom is -0.274 e. The van der Waals surface area contributed by atoms with Crippen molar-refractivity contribution in [2.24, 2.45) is 5.73 Å². The molecule has 0 radical (unpaired) electrons. The predicted molar refractivity (Wildman–Crippen MR) is 51.2 cm³/mol. The van der Waals surface area contributed by atoms with E-state index in [4.69, 9.17) is 0 Å². The molecule has 0 saturated heterocycles. The second-order valence-electron chi connectivity index (χ2n) is 2.61. The Morgan fingerprint density at radius 2 is 1.53 bits per heavy atom. The summed E-state index contributed by atoms with van der Waals surface area (Å²) in [5.74, 6) is 0. The number of nitrogens with two attached hydrogens (primary N) is 1. The van der Waals surface area contributed by atoms with E-state index in [-0.39, 0.29) is 0 Å². The van der Waals surface area contributed by atoms with E-state index < -0.39 is 26.2 Å². The molecule has 0 aliphatic rings. The summed E-state index contributed by atoms with van der Waals surface area (Å²) in [6.45, 7) is 0. The van der Waals surface area contributed by atoms with Crippen molar-refractivity contribution in [3.63, 3.8) is 0 Å². The highest BCUT2D eigenvalue weighted by molar-refractivity contribution is 8.32. The van der Waals surface area contributed by atoms with Gasteiger partial charge in [-0.2, -0.15) is 5.12 Å². The third kappa shape index (κ3) is 2.90. The first kappa shape index (κ1) is 11.9. The first-order valence-corrected chi connectivity index (χ1v) is 5.28. The first-order chi connectivity index (χ1) is 6.68. The second-order valence-corrected chi connectivity index (χ2v) is 4.35. The monoisotopic (exact) mass is 246 g/mol. The van der Waals surface area contributed by atoms with Gasteiger partial charge in [0.1, 0.15) is 0 Å². The first-order valence-electron chi connectivity index (χ1n) is 3.64. The molecule has 0 atom stereocenters. The summed E-state index contributed by atoms with van der Waals surface area (Å²) < 4.78 is 61.3. The fourth-order valence-corrected chi connectivity index (χ4v) is 1.16. The van der Waals surface area contributed by atoms with Crippen molar-refractivity contribution < 1.29 is 20.0 Å². The molecule has 15 heavy (non-hydrogen) atoms. The summed E-state index contributed by atoms with van der Waals surface area (Å²) in [6.07, 6.45) is 0. The largest absolute Gasteiger partial charge is 0.307 e. The Labute approximate surface area is 83.1 Å². The normalized spacial score (nSPS) is 14.1. The number of anilines is 1. The molecule has 8 heteroatoms. The minimum absolute atomic E-state index is 0.483. The molecule has 0 fully saturated rings. The third-order valence-corrected chi connectivity index (χ3v) is 2.29. The molecular weight excluding hydrogens is 239 g/mol. The van der Waals surface area contributed by atoms with E-state index in [0.717, 1.165) is 12.1 Å². The van der Waals surface area contributed by atoms with E-state index in [2.05, 4.69) is 5.73 Å². The third-order valence-electron chi connectivity index (χ3n) is 1.49. The van der Waals surface area contributed by atoms with Crippen LogP contribution in [0, 0.1) is 0 Å². The fraction of sp³-hybridized carbons (Fsp3) is 0. The van der Waals surface area contributed by atoms with E-state index in [9.17, 15) is 20.0 Å². The molecule has 0 saturated carbocycles. The molecule has 0 aliphatic carbocycles. The van der Waals surface area contributed by atoms with Crippen LogP contribution >= 0.6 is 10.3 Å². The van der Waals surface area contributed by atoms with Gasteiger partial charge in [0.2, 0.25) is 5.11 Å². The number of halogens is 5. The van der Waals surface area contributed by atoms with Gasteiger partial charge in [0.15, 0.2) is 0 Å². The highest BCUT2D eigenvalue weighted by Gasteiger charge is 2.38. The van der Waals surface area contributed by atoms with Crippen molar-refractivity contribution in [2.75, 3.05) is 5.12 Å². The maximum absolute atomic E-state index is 13.0. The van der Waals surface area contributed by atoms with Crippen molar-refractivity contribution in [3.05, 3.63) is 30.3 Å². The predicted octanol–water partition coefficient (Wildman–Crippen LogP) is 3.30. The van der Waals surface area contributed by atoms with E-state index in [1.165, 1.54) is 18.2 Å². The molecule has 0 aromatic heterocycles. The van der Waals surface area contributed by atoms with E-state index in [0.29, 0.717) is 0 Å². The number of hydrogen-bond donors (Lipinski definition) is 1. The highest BCUT2D eigenvalue weighted by atomic mass is 32.4. The van der Waals surface area contributed by atoms with Crippen LogP contribution in [-0.2, 0) is 0 Å². The van der Waals surface area contributed by atoms with Gasteiger partial charge in [0.05, 0.1) is 5.69 Å². The SMILES string of the molecule is NC(N(F)c1ccccc1)=S(F)(F)(F)F. The number of para-hydroxylation sites is 1. The summed E-state index contributed by atoms with van der Waals surface area (Å²) in [5, 5.41) is -3.28. The van der Waals surface area contributed by atoms with E-state index in [1.54, 1.807) is 0 Å². The van der Waals surface area contributed by atoms with Gasteiger partial charge in [-0.15, -0.1) is 15.5 Å². The van der Waals surface area contributed by atoms with Crippen LogP contribution in [0.25, 0.3) is 0 Å². The van der Waals surface area contributed by atoms with Crippen LogP contribution in [-0.4, -0.2) is 5.11 Å². The number of nitrogens with zero attached hydrogens (tertiary/aromatic N) is 1. The smallest absolute Gasteiger partial charge is 0.274 e. The highest BCUT2D eigenvalue weighted by Crippen LogP contribution is 2.67. The lowest BCUT2D eigenvalue weighted by Crippen LogP contribution is -2.32. The number of rotatable bonds is 1. The van der Waals surface area contributed by atoms with Crippen molar-refractivity contribution in [1.29, 1.82) is 0 Å². The van der Waals surface area contributed by atoms with Crippen LogP contribution in [0.1, 0.15) is 0 Å². The minimum atomic E-state index is -7.98. The van der Waals surface area contributed by atoms with Gasteiger partial charge in [-0.1, -0.05) is 22.7 Å². The molecule has 1 aromatic rings. The van der Waals surface area contributed by atoms with Crippen LogP contribution in [0.2, 0.25) is 0 Å². The summed E-state index contributed by atoms with van der Waals surface area (Å²) in [4.78, 5) is 0. The fourth-order valence-electron chi connectivity index (χ4n) is 0.807. The molecule has 0 aliphatic heterocycles. The molecule has 86 valence electrons. The number of hydrogen-bond acceptors (Lipinski definition) is 0. The zero-order chi connectivity index (χ0) is 11.7. The zero-order valence-electron chi connectivity index (χ0n) is 7.21. The van der Waals surface area contributed by atoms with E-state index in [1.807, 2.05) is 0 Å². The zero-order valence-corrected chi connectivity index (χ0v) is 8.03. The van der Waals surface area contributed by atoms with Crippen molar-refractivity contribution in [1.82, 2.24) is 0 Å². The summed E-state index contributed by atoms with van der Waals surface area (Å²) in [6, 6.07) is 6.14. The van der Waals surface area contributed by atoms with Crippen LogP contribution in [0.15, 0.2) is 30.3 Å². The van der Waals surface area contributed by atoms with Crippen molar-refractivity contribution in [3.8, 4) is 0 Å². The Hall–Kier alpha value is -1.15. The van der Waals surface area contributed by atoms with Gasteiger partial charge in [-0.05, 0) is 12.1 Å². The average molecular weight is 246 g/mol. The molecule has 1 rings (SSSR count). The summed E-state index contributed by atoms with van der Waals surface area (Å²) in [5.41, 5.74) is 3.89. The van der Waals surface area contributed by atoms with Crippen LogP contribution < -0.4 is 10.9 Å². The number of benzene rings is 1. The topological polar surface area (TPSA) is 29.3 Å².